The van der Waals surface area contributed by atoms with Crippen molar-refractivity contribution in [3.63, 3.8) is 0 Å². The standard InChI is InChI=1S/C17H14ClN3O3/c1-10-3-2-8-21-14(10)20-16(23)13(17(21)24)15(22)19-9-11-4-6-12(18)7-5-11/h2-8,23H,9H2,1H3,(H,19,22). The Kier molecular flexibility index (Phi) is 4.22. The molecule has 1 aromatic carbocycles. The van der Waals surface area contributed by atoms with Gasteiger partial charge in [0.2, 0.25) is 5.88 Å². The van der Waals surface area contributed by atoms with Crippen LogP contribution in [0, 0.1) is 6.92 Å². The van der Waals surface area contributed by atoms with E-state index in [1.807, 2.05) is 0 Å². The third-order valence-corrected chi connectivity index (χ3v) is 3.88. The van der Waals surface area contributed by atoms with Crippen LogP contribution in [0.1, 0.15) is 21.5 Å². The maximum Gasteiger partial charge on any atom is 0.274 e. The maximum atomic E-state index is 12.5. The molecular weight excluding hydrogens is 330 g/mol. The Bertz CT molecular complexity index is 981. The molecule has 0 saturated heterocycles. The Morgan fingerprint density at radius 3 is 2.71 bits per heavy atom. The maximum absolute atomic E-state index is 12.5. The summed E-state index contributed by atoms with van der Waals surface area (Å²) in [5.41, 5.74) is 0.853. The Balaban J connectivity index is 1.92. The van der Waals surface area contributed by atoms with Crippen molar-refractivity contribution in [2.24, 2.45) is 0 Å². The molecule has 0 unspecified atom stereocenters. The molecule has 24 heavy (non-hydrogen) atoms. The monoisotopic (exact) mass is 343 g/mol. The summed E-state index contributed by atoms with van der Waals surface area (Å²) < 4.78 is 1.24. The van der Waals surface area contributed by atoms with Crippen molar-refractivity contribution in [3.8, 4) is 5.88 Å². The van der Waals surface area contributed by atoms with E-state index >= 15 is 0 Å². The summed E-state index contributed by atoms with van der Waals surface area (Å²) in [6, 6.07) is 10.4. The molecule has 3 rings (SSSR count). The summed E-state index contributed by atoms with van der Waals surface area (Å²) in [7, 11) is 0. The lowest BCUT2D eigenvalue weighted by Gasteiger charge is -2.09. The molecule has 0 aliphatic rings. The second-order valence-corrected chi connectivity index (χ2v) is 5.75. The predicted octanol–water partition coefficient (Wildman–Crippen LogP) is 2.29. The number of hydrogen-bond donors (Lipinski definition) is 2. The molecule has 7 heteroatoms. The Morgan fingerprint density at radius 2 is 2.00 bits per heavy atom. The molecule has 0 saturated carbocycles. The topological polar surface area (TPSA) is 83.7 Å². The largest absolute Gasteiger partial charge is 0.493 e. The van der Waals surface area contributed by atoms with Crippen LogP contribution in [0.15, 0.2) is 47.4 Å². The van der Waals surface area contributed by atoms with Crippen molar-refractivity contribution in [2.45, 2.75) is 13.5 Å². The highest BCUT2D eigenvalue weighted by molar-refractivity contribution is 6.30. The lowest BCUT2D eigenvalue weighted by Crippen LogP contribution is -2.31. The Hall–Kier alpha value is -2.86. The van der Waals surface area contributed by atoms with Gasteiger partial charge in [-0.1, -0.05) is 29.8 Å². The van der Waals surface area contributed by atoms with Gasteiger partial charge in [-0.15, -0.1) is 0 Å². The van der Waals surface area contributed by atoms with Crippen LogP contribution in [-0.4, -0.2) is 20.4 Å². The zero-order valence-corrected chi connectivity index (χ0v) is 13.5. The molecule has 0 fully saturated rings. The molecule has 6 nitrogen and oxygen atoms in total. The first-order chi connectivity index (χ1) is 11.5. The van der Waals surface area contributed by atoms with Gasteiger partial charge in [0, 0.05) is 17.8 Å². The summed E-state index contributed by atoms with van der Waals surface area (Å²) in [5.74, 6) is -1.27. The first-order valence-electron chi connectivity index (χ1n) is 7.21. The van der Waals surface area contributed by atoms with E-state index in [0.29, 0.717) is 10.7 Å². The van der Waals surface area contributed by atoms with Gasteiger partial charge in [-0.25, -0.2) is 0 Å². The van der Waals surface area contributed by atoms with E-state index in [1.165, 1.54) is 10.6 Å². The van der Waals surface area contributed by atoms with Crippen molar-refractivity contribution in [1.82, 2.24) is 14.7 Å². The minimum absolute atomic E-state index is 0.200. The number of pyridine rings is 1. The van der Waals surface area contributed by atoms with Crippen molar-refractivity contribution in [3.05, 3.63) is 74.7 Å². The predicted molar refractivity (Wildman–Crippen MR) is 90.5 cm³/mol. The van der Waals surface area contributed by atoms with Gasteiger partial charge >= 0.3 is 0 Å². The second-order valence-electron chi connectivity index (χ2n) is 5.31. The van der Waals surface area contributed by atoms with Gasteiger partial charge in [0.05, 0.1) is 0 Å². The molecular formula is C17H14ClN3O3. The Morgan fingerprint density at radius 1 is 1.29 bits per heavy atom. The molecule has 3 aromatic rings. The summed E-state index contributed by atoms with van der Waals surface area (Å²) in [6.45, 7) is 1.97. The molecule has 2 N–H and O–H groups in total. The van der Waals surface area contributed by atoms with Gasteiger partial charge in [-0.05, 0) is 36.2 Å². The first-order valence-corrected chi connectivity index (χ1v) is 7.59. The van der Waals surface area contributed by atoms with Gasteiger partial charge in [0.1, 0.15) is 5.65 Å². The number of aromatic nitrogens is 2. The number of nitrogens with one attached hydrogen (secondary N) is 1. The van der Waals surface area contributed by atoms with Gasteiger partial charge in [0.25, 0.3) is 11.5 Å². The van der Waals surface area contributed by atoms with E-state index < -0.39 is 17.3 Å². The fraction of sp³-hybridized carbons (Fsp3) is 0.118. The zero-order chi connectivity index (χ0) is 17.3. The minimum Gasteiger partial charge on any atom is -0.493 e. The van der Waals surface area contributed by atoms with Crippen LogP contribution in [0.3, 0.4) is 0 Å². The summed E-state index contributed by atoms with van der Waals surface area (Å²) >= 11 is 5.81. The second kappa shape index (κ2) is 6.33. The van der Waals surface area contributed by atoms with Crippen LogP contribution >= 0.6 is 11.6 Å². The van der Waals surface area contributed by atoms with Crippen LogP contribution in [0.4, 0.5) is 0 Å². The van der Waals surface area contributed by atoms with Crippen LogP contribution in [0.2, 0.25) is 5.02 Å². The quantitative estimate of drug-likeness (QED) is 0.764. The van der Waals surface area contributed by atoms with E-state index in [9.17, 15) is 14.7 Å². The number of amides is 1. The number of aromatic hydroxyl groups is 1. The third kappa shape index (κ3) is 2.96. The molecule has 0 spiro atoms. The molecule has 2 heterocycles. The molecule has 1 amide bonds. The number of benzene rings is 1. The van der Waals surface area contributed by atoms with Crippen molar-refractivity contribution in [1.29, 1.82) is 0 Å². The van der Waals surface area contributed by atoms with Gasteiger partial charge < -0.3 is 10.4 Å². The van der Waals surface area contributed by atoms with E-state index in [4.69, 9.17) is 11.6 Å². The van der Waals surface area contributed by atoms with Crippen LogP contribution in [0.25, 0.3) is 5.65 Å². The number of rotatable bonds is 3. The Labute approximate surface area is 142 Å². The normalized spacial score (nSPS) is 10.8. The van der Waals surface area contributed by atoms with Crippen molar-refractivity contribution < 1.29 is 9.90 Å². The zero-order valence-electron chi connectivity index (χ0n) is 12.8. The lowest BCUT2D eigenvalue weighted by molar-refractivity contribution is 0.0945. The average molecular weight is 344 g/mol. The highest BCUT2D eigenvalue weighted by Gasteiger charge is 2.20. The van der Waals surface area contributed by atoms with Crippen LogP contribution in [-0.2, 0) is 6.54 Å². The highest BCUT2D eigenvalue weighted by Crippen LogP contribution is 2.14. The number of aryl methyl sites for hydroxylation is 1. The fourth-order valence-corrected chi connectivity index (χ4v) is 2.48. The fourth-order valence-electron chi connectivity index (χ4n) is 2.36. The number of carbonyl (C=O) groups is 1. The van der Waals surface area contributed by atoms with Crippen molar-refractivity contribution in [2.75, 3.05) is 0 Å². The van der Waals surface area contributed by atoms with E-state index in [0.717, 1.165) is 11.1 Å². The van der Waals surface area contributed by atoms with E-state index in [1.54, 1.807) is 43.3 Å². The third-order valence-electron chi connectivity index (χ3n) is 3.62. The van der Waals surface area contributed by atoms with E-state index in [2.05, 4.69) is 10.3 Å². The molecule has 122 valence electrons. The van der Waals surface area contributed by atoms with Crippen molar-refractivity contribution >= 4 is 23.2 Å². The molecule has 0 aliphatic carbocycles. The summed E-state index contributed by atoms with van der Waals surface area (Å²) in [6.07, 6.45) is 1.51. The average Bonchev–Trinajstić information content (AvgIpc) is 2.55. The van der Waals surface area contributed by atoms with Gasteiger partial charge in [-0.2, -0.15) is 4.98 Å². The number of halogens is 1. The van der Waals surface area contributed by atoms with Gasteiger partial charge in [0.15, 0.2) is 5.56 Å². The molecule has 0 radical (unpaired) electrons. The number of fused-ring (bicyclic) bond motifs is 1. The first kappa shape index (κ1) is 16.0. The van der Waals surface area contributed by atoms with Crippen LogP contribution < -0.4 is 10.9 Å². The molecule has 2 aromatic heterocycles. The van der Waals surface area contributed by atoms with Gasteiger partial charge in [-0.3, -0.25) is 14.0 Å². The number of carbonyl (C=O) groups excluding carboxylic acids is 1. The number of nitrogens with zero attached hydrogens (tertiary/aromatic N) is 2. The highest BCUT2D eigenvalue weighted by atomic mass is 35.5. The summed E-state index contributed by atoms with van der Waals surface area (Å²) in [4.78, 5) is 28.8. The lowest BCUT2D eigenvalue weighted by atomic mass is 10.2. The molecule has 0 aliphatic heterocycles. The molecule has 0 atom stereocenters. The summed E-state index contributed by atoms with van der Waals surface area (Å²) in [5, 5.41) is 13.2. The smallest absolute Gasteiger partial charge is 0.274 e. The van der Waals surface area contributed by atoms with E-state index in [-0.39, 0.29) is 12.1 Å². The molecule has 0 bridgehead atoms. The SMILES string of the molecule is Cc1cccn2c(=O)c(C(=O)NCc3ccc(Cl)cc3)c(O)nc12. The minimum atomic E-state index is -0.684. The van der Waals surface area contributed by atoms with Crippen LogP contribution in [0.5, 0.6) is 5.88 Å². The number of hydrogen-bond acceptors (Lipinski definition) is 4.